The van der Waals surface area contributed by atoms with Gasteiger partial charge in [-0.2, -0.15) is 0 Å². The third kappa shape index (κ3) is 3.08. The van der Waals surface area contributed by atoms with E-state index in [2.05, 4.69) is 5.32 Å². The number of carbonyl (C=O) groups is 1. The Hall–Kier alpha value is -2.07. The van der Waals surface area contributed by atoms with Crippen molar-refractivity contribution in [1.29, 1.82) is 0 Å². The predicted molar refractivity (Wildman–Crippen MR) is 76.5 cm³/mol. The van der Waals surface area contributed by atoms with Crippen molar-refractivity contribution in [3.8, 4) is 0 Å². The van der Waals surface area contributed by atoms with Crippen LogP contribution in [-0.4, -0.2) is 17.6 Å². The number of benzene rings is 1. The van der Waals surface area contributed by atoms with E-state index in [1.165, 1.54) is 6.26 Å². The molecule has 2 rings (SSSR count). The highest BCUT2D eigenvalue weighted by atomic mass is 16.4. The van der Waals surface area contributed by atoms with Gasteiger partial charge in [-0.05, 0) is 44.5 Å². The Morgan fingerprint density at radius 3 is 2.75 bits per heavy atom. The van der Waals surface area contributed by atoms with Crippen LogP contribution in [0.2, 0.25) is 0 Å². The van der Waals surface area contributed by atoms with Crippen molar-refractivity contribution < 1.29 is 14.3 Å². The number of nitrogens with one attached hydrogen (secondary N) is 1. The lowest BCUT2D eigenvalue weighted by Gasteiger charge is -2.21. The van der Waals surface area contributed by atoms with Gasteiger partial charge in [-0.25, -0.2) is 0 Å². The molecule has 1 atom stereocenters. The summed E-state index contributed by atoms with van der Waals surface area (Å²) >= 11 is 0. The zero-order valence-electron chi connectivity index (χ0n) is 11.9. The molecule has 1 unspecified atom stereocenters. The molecule has 4 nitrogen and oxygen atoms in total. The molecule has 4 heteroatoms. The molecule has 0 spiro atoms. The second kappa shape index (κ2) is 5.51. The first-order valence-corrected chi connectivity index (χ1v) is 6.52. The smallest absolute Gasteiger partial charge is 0.251 e. The number of furan rings is 1. The van der Waals surface area contributed by atoms with Gasteiger partial charge in [-0.3, -0.25) is 4.79 Å². The standard InChI is InChI=1S/C16H19NO3/c1-11-6-7-12(2)13(9-11)15(18)17-10-16(3,19)14-5-4-8-20-14/h4-9,19H,10H2,1-3H3,(H,17,18). The van der Waals surface area contributed by atoms with E-state index in [1.54, 1.807) is 19.1 Å². The van der Waals surface area contributed by atoms with Gasteiger partial charge in [0.2, 0.25) is 0 Å². The molecule has 1 amide bonds. The molecular weight excluding hydrogens is 254 g/mol. The Kier molecular flexibility index (Phi) is 3.95. The van der Waals surface area contributed by atoms with Crippen LogP contribution in [0.1, 0.15) is 34.2 Å². The number of aryl methyl sites for hydroxylation is 2. The van der Waals surface area contributed by atoms with Crippen molar-refractivity contribution >= 4 is 5.91 Å². The maximum absolute atomic E-state index is 12.2. The van der Waals surface area contributed by atoms with Gasteiger partial charge in [0.05, 0.1) is 12.8 Å². The van der Waals surface area contributed by atoms with Gasteiger partial charge in [0.1, 0.15) is 11.4 Å². The van der Waals surface area contributed by atoms with Gasteiger partial charge in [0.25, 0.3) is 5.91 Å². The average molecular weight is 273 g/mol. The Bertz CT molecular complexity index is 600. The molecule has 106 valence electrons. The lowest BCUT2D eigenvalue weighted by Crippen LogP contribution is -2.38. The summed E-state index contributed by atoms with van der Waals surface area (Å²) < 4.78 is 5.18. The normalized spacial score (nSPS) is 13.8. The summed E-state index contributed by atoms with van der Waals surface area (Å²) in [7, 11) is 0. The number of amides is 1. The molecule has 1 heterocycles. The first-order valence-electron chi connectivity index (χ1n) is 6.52. The zero-order chi connectivity index (χ0) is 14.8. The number of hydrogen-bond acceptors (Lipinski definition) is 3. The monoisotopic (exact) mass is 273 g/mol. The van der Waals surface area contributed by atoms with E-state index in [-0.39, 0.29) is 12.5 Å². The van der Waals surface area contributed by atoms with Crippen LogP contribution < -0.4 is 5.32 Å². The van der Waals surface area contributed by atoms with Crippen molar-refractivity contribution in [3.05, 3.63) is 59.0 Å². The number of hydrogen-bond donors (Lipinski definition) is 2. The van der Waals surface area contributed by atoms with Crippen LogP contribution in [0.15, 0.2) is 41.0 Å². The Labute approximate surface area is 118 Å². The summed E-state index contributed by atoms with van der Waals surface area (Å²) in [5.74, 6) is 0.233. The minimum Gasteiger partial charge on any atom is -0.466 e. The summed E-state index contributed by atoms with van der Waals surface area (Å²) in [5, 5.41) is 13.0. The third-order valence-electron chi connectivity index (χ3n) is 3.28. The summed E-state index contributed by atoms with van der Waals surface area (Å²) in [6.45, 7) is 5.52. The van der Waals surface area contributed by atoms with E-state index in [0.717, 1.165) is 11.1 Å². The number of rotatable bonds is 4. The minimum atomic E-state index is -1.23. The lowest BCUT2D eigenvalue weighted by molar-refractivity contribution is 0.0330. The maximum atomic E-state index is 12.2. The molecule has 0 fully saturated rings. The van der Waals surface area contributed by atoms with Crippen molar-refractivity contribution in [2.75, 3.05) is 6.54 Å². The second-order valence-electron chi connectivity index (χ2n) is 5.25. The van der Waals surface area contributed by atoms with E-state index < -0.39 is 5.60 Å². The maximum Gasteiger partial charge on any atom is 0.251 e. The second-order valence-corrected chi connectivity index (χ2v) is 5.25. The van der Waals surface area contributed by atoms with E-state index in [4.69, 9.17) is 4.42 Å². The van der Waals surface area contributed by atoms with Crippen LogP contribution in [0.5, 0.6) is 0 Å². The Balaban J connectivity index is 2.07. The largest absolute Gasteiger partial charge is 0.466 e. The molecule has 0 bridgehead atoms. The van der Waals surface area contributed by atoms with E-state index in [0.29, 0.717) is 11.3 Å². The number of carbonyl (C=O) groups excluding carboxylic acids is 1. The molecular formula is C16H19NO3. The summed E-state index contributed by atoms with van der Waals surface area (Å²) in [6, 6.07) is 9.10. The van der Waals surface area contributed by atoms with Crippen molar-refractivity contribution in [3.63, 3.8) is 0 Å². The average Bonchev–Trinajstić information content (AvgIpc) is 2.93. The van der Waals surface area contributed by atoms with Crippen LogP contribution in [-0.2, 0) is 5.60 Å². The molecule has 1 aromatic heterocycles. The highest BCUT2D eigenvalue weighted by Gasteiger charge is 2.27. The fourth-order valence-corrected chi connectivity index (χ4v) is 2.00. The Morgan fingerprint density at radius 1 is 1.35 bits per heavy atom. The van der Waals surface area contributed by atoms with Crippen LogP contribution >= 0.6 is 0 Å². The van der Waals surface area contributed by atoms with Crippen LogP contribution in [0.25, 0.3) is 0 Å². The van der Waals surface area contributed by atoms with E-state index in [9.17, 15) is 9.90 Å². The van der Waals surface area contributed by atoms with Gasteiger partial charge in [0, 0.05) is 5.56 Å². The molecule has 2 N–H and O–H groups in total. The molecule has 0 radical (unpaired) electrons. The number of aliphatic hydroxyl groups is 1. The highest BCUT2D eigenvalue weighted by Crippen LogP contribution is 2.20. The third-order valence-corrected chi connectivity index (χ3v) is 3.28. The summed E-state index contributed by atoms with van der Waals surface area (Å²) in [4.78, 5) is 12.2. The first kappa shape index (κ1) is 14.3. The van der Waals surface area contributed by atoms with Gasteiger partial charge in [-0.1, -0.05) is 17.7 Å². The molecule has 0 saturated carbocycles. The van der Waals surface area contributed by atoms with E-state index >= 15 is 0 Å². The molecule has 1 aromatic carbocycles. The van der Waals surface area contributed by atoms with Crippen LogP contribution in [0.3, 0.4) is 0 Å². The van der Waals surface area contributed by atoms with Gasteiger partial charge in [-0.15, -0.1) is 0 Å². The minimum absolute atomic E-state index is 0.0900. The molecule has 20 heavy (non-hydrogen) atoms. The van der Waals surface area contributed by atoms with Gasteiger partial charge < -0.3 is 14.8 Å². The predicted octanol–water partition coefficient (Wildman–Crippen LogP) is 2.53. The summed E-state index contributed by atoms with van der Waals surface area (Å²) in [5.41, 5.74) is 1.33. The van der Waals surface area contributed by atoms with Crippen LogP contribution in [0, 0.1) is 13.8 Å². The SMILES string of the molecule is Cc1ccc(C)c(C(=O)NCC(C)(O)c2ccco2)c1. The molecule has 0 saturated heterocycles. The van der Waals surface area contributed by atoms with Crippen LogP contribution in [0.4, 0.5) is 0 Å². The van der Waals surface area contributed by atoms with Crippen molar-refractivity contribution in [2.24, 2.45) is 0 Å². The molecule has 0 aliphatic rings. The topological polar surface area (TPSA) is 62.5 Å². The molecule has 2 aromatic rings. The van der Waals surface area contributed by atoms with Gasteiger partial charge >= 0.3 is 0 Å². The quantitative estimate of drug-likeness (QED) is 0.899. The zero-order valence-corrected chi connectivity index (χ0v) is 11.9. The molecule has 0 aliphatic heterocycles. The van der Waals surface area contributed by atoms with Crippen molar-refractivity contribution in [1.82, 2.24) is 5.32 Å². The Morgan fingerprint density at radius 2 is 2.10 bits per heavy atom. The fraction of sp³-hybridized carbons (Fsp3) is 0.312. The molecule has 0 aliphatic carbocycles. The summed E-state index contributed by atoms with van der Waals surface area (Å²) in [6.07, 6.45) is 1.50. The van der Waals surface area contributed by atoms with Gasteiger partial charge in [0.15, 0.2) is 0 Å². The van der Waals surface area contributed by atoms with E-state index in [1.807, 2.05) is 32.0 Å². The highest BCUT2D eigenvalue weighted by molar-refractivity contribution is 5.95. The van der Waals surface area contributed by atoms with Crippen molar-refractivity contribution in [2.45, 2.75) is 26.4 Å². The lowest BCUT2D eigenvalue weighted by atomic mass is 10.0. The fourth-order valence-electron chi connectivity index (χ4n) is 2.00. The first-order chi connectivity index (χ1) is 9.40.